The summed E-state index contributed by atoms with van der Waals surface area (Å²) in [6.45, 7) is 12.1. The number of piperidine rings is 1. The van der Waals surface area contributed by atoms with Crippen molar-refractivity contribution >= 4 is 23.2 Å². The van der Waals surface area contributed by atoms with Crippen LogP contribution in [0.1, 0.15) is 66.9 Å². The highest BCUT2D eigenvalue weighted by atomic mass is 16.2. The fourth-order valence-corrected chi connectivity index (χ4v) is 7.42. The normalized spacial score (nSPS) is 25.7. The highest BCUT2D eigenvalue weighted by Gasteiger charge is 2.49. The van der Waals surface area contributed by atoms with Crippen molar-refractivity contribution in [2.45, 2.75) is 71.4 Å². The van der Waals surface area contributed by atoms with Crippen molar-refractivity contribution in [3.05, 3.63) is 59.2 Å². The van der Waals surface area contributed by atoms with E-state index < -0.39 is 0 Å². The monoisotopic (exact) mass is 514 g/mol. The van der Waals surface area contributed by atoms with E-state index in [0.717, 1.165) is 55.7 Å². The maximum absolute atomic E-state index is 13.8. The molecule has 4 aliphatic rings. The number of hydrogen-bond donors (Lipinski definition) is 0. The van der Waals surface area contributed by atoms with Gasteiger partial charge in [-0.1, -0.05) is 17.7 Å². The van der Waals surface area contributed by atoms with E-state index in [4.69, 9.17) is 0 Å². The van der Waals surface area contributed by atoms with Crippen molar-refractivity contribution in [1.82, 2.24) is 9.80 Å². The molecule has 4 fully saturated rings. The molecule has 4 heterocycles. The van der Waals surface area contributed by atoms with Gasteiger partial charge in [-0.2, -0.15) is 0 Å². The predicted molar refractivity (Wildman–Crippen MR) is 153 cm³/mol. The summed E-state index contributed by atoms with van der Waals surface area (Å²) < 4.78 is 0. The first kappa shape index (κ1) is 25.4. The molecular weight excluding hydrogens is 472 g/mol. The minimum absolute atomic E-state index is 0.0805. The molecule has 2 amide bonds. The Bertz CT molecular complexity index is 1200. The average molecular weight is 515 g/mol. The number of benzene rings is 2. The molecule has 202 valence electrons. The first-order valence-corrected chi connectivity index (χ1v) is 14.6. The van der Waals surface area contributed by atoms with E-state index in [1.165, 1.54) is 37.1 Å². The molecule has 2 aromatic carbocycles. The summed E-state index contributed by atoms with van der Waals surface area (Å²) in [7, 11) is 0. The van der Waals surface area contributed by atoms with Crippen LogP contribution in [0.5, 0.6) is 0 Å². The molecule has 2 unspecified atom stereocenters. The second kappa shape index (κ2) is 10.0. The number of aryl methyl sites for hydroxylation is 2. The Labute approximate surface area is 227 Å². The van der Waals surface area contributed by atoms with Crippen LogP contribution < -0.4 is 9.80 Å². The fraction of sp³-hybridized carbons (Fsp3) is 0.562. The van der Waals surface area contributed by atoms with Crippen LogP contribution in [-0.4, -0.2) is 73.0 Å². The van der Waals surface area contributed by atoms with E-state index in [1.807, 2.05) is 41.0 Å². The third-order valence-corrected chi connectivity index (χ3v) is 9.89. The van der Waals surface area contributed by atoms with Crippen molar-refractivity contribution < 1.29 is 9.59 Å². The molecule has 4 saturated heterocycles. The summed E-state index contributed by atoms with van der Waals surface area (Å²) in [4.78, 5) is 36.0. The lowest BCUT2D eigenvalue weighted by Gasteiger charge is -2.38. The van der Waals surface area contributed by atoms with Gasteiger partial charge in [0.2, 0.25) is 5.91 Å². The average Bonchev–Trinajstić information content (AvgIpc) is 3.65. The van der Waals surface area contributed by atoms with Crippen LogP contribution in [0.2, 0.25) is 0 Å². The van der Waals surface area contributed by atoms with Crippen LogP contribution in [0.4, 0.5) is 11.4 Å². The quantitative estimate of drug-likeness (QED) is 0.575. The van der Waals surface area contributed by atoms with Crippen LogP contribution in [0.15, 0.2) is 42.5 Å². The number of hydrogen-bond acceptors (Lipinski definition) is 4. The SMILES string of the molecule is Cc1ccc(C(=O)N2CCC3(CC2)CCN(c2ccc(N4CCC(N5CCCC5C)C4)cc2C)C3=O)cc1. The Hall–Kier alpha value is -2.86. The van der Waals surface area contributed by atoms with Gasteiger partial charge in [-0.25, -0.2) is 0 Å². The molecular formula is C32H42N4O2. The molecule has 0 N–H and O–H groups in total. The molecule has 0 saturated carbocycles. The number of rotatable bonds is 4. The summed E-state index contributed by atoms with van der Waals surface area (Å²) in [6, 6.07) is 15.8. The summed E-state index contributed by atoms with van der Waals surface area (Å²) in [5.74, 6) is 0.331. The Morgan fingerprint density at radius 3 is 2.32 bits per heavy atom. The highest BCUT2D eigenvalue weighted by molar-refractivity contribution is 6.01. The van der Waals surface area contributed by atoms with Crippen molar-refractivity contribution in [3.8, 4) is 0 Å². The molecule has 4 aliphatic heterocycles. The third kappa shape index (κ3) is 4.51. The second-order valence-electron chi connectivity index (χ2n) is 12.2. The lowest BCUT2D eigenvalue weighted by molar-refractivity contribution is -0.127. The zero-order valence-corrected chi connectivity index (χ0v) is 23.3. The zero-order valence-electron chi connectivity index (χ0n) is 23.3. The molecule has 0 aliphatic carbocycles. The number of carbonyl (C=O) groups is 2. The summed E-state index contributed by atoms with van der Waals surface area (Å²) in [5, 5.41) is 0. The molecule has 2 atom stereocenters. The van der Waals surface area contributed by atoms with Gasteiger partial charge in [0.1, 0.15) is 0 Å². The zero-order chi connectivity index (χ0) is 26.4. The van der Waals surface area contributed by atoms with Gasteiger partial charge in [-0.15, -0.1) is 0 Å². The second-order valence-corrected chi connectivity index (χ2v) is 12.2. The maximum Gasteiger partial charge on any atom is 0.253 e. The summed E-state index contributed by atoms with van der Waals surface area (Å²) in [5.41, 5.74) is 5.07. The first-order chi connectivity index (χ1) is 18.3. The largest absolute Gasteiger partial charge is 0.370 e. The van der Waals surface area contributed by atoms with Crippen LogP contribution in [0, 0.1) is 19.3 Å². The Kier molecular flexibility index (Phi) is 6.71. The maximum atomic E-state index is 13.8. The smallest absolute Gasteiger partial charge is 0.253 e. The minimum atomic E-state index is -0.330. The number of anilines is 2. The van der Waals surface area contributed by atoms with Crippen molar-refractivity contribution in [2.24, 2.45) is 5.41 Å². The predicted octanol–water partition coefficient (Wildman–Crippen LogP) is 5.03. The molecule has 0 bridgehead atoms. The van der Waals surface area contributed by atoms with Crippen molar-refractivity contribution in [2.75, 3.05) is 49.1 Å². The molecule has 0 aromatic heterocycles. The summed E-state index contributed by atoms with van der Waals surface area (Å²) >= 11 is 0. The third-order valence-electron chi connectivity index (χ3n) is 9.89. The van der Waals surface area contributed by atoms with Gasteiger partial charge >= 0.3 is 0 Å². The van der Waals surface area contributed by atoms with Gasteiger partial charge in [0.15, 0.2) is 0 Å². The number of carbonyl (C=O) groups excluding carboxylic acids is 2. The van der Waals surface area contributed by atoms with Crippen LogP contribution in [-0.2, 0) is 4.79 Å². The molecule has 6 heteroatoms. The number of likely N-dealkylation sites (tertiary alicyclic amines) is 2. The van der Waals surface area contributed by atoms with Crippen LogP contribution in [0.25, 0.3) is 0 Å². The Balaban J connectivity index is 1.09. The molecule has 1 spiro atoms. The van der Waals surface area contributed by atoms with Gasteiger partial charge in [0.25, 0.3) is 5.91 Å². The topological polar surface area (TPSA) is 47.1 Å². The van der Waals surface area contributed by atoms with Crippen molar-refractivity contribution in [1.29, 1.82) is 0 Å². The lowest BCUT2D eigenvalue weighted by atomic mass is 9.77. The first-order valence-electron chi connectivity index (χ1n) is 14.6. The molecule has 6 rings (SSSR count). The van der Waals surface area contributed by atoms with Gasteiger partial charge in [0, 0.05) is 61.7 Å². The van der Waals surface area contributed by atoms with E-state index in [2.05, 4.69) is 41.8 Å². The van der Waals surface area contributed by atoms with Gasteiger partial charge < -0.3 is 14.7 Å². The van der Waals surface area contributed by atoms with Crippen LogP contribution >= 0.6 is 0 Å². The van der Waals surface area contributed by atoms with Crippen LogP contribution in [0.3, 0.4) is 0 Å². The van der Waals surface area contributed by atoms with E-state index >= 15 is 0 Å². The van der Waals surface area contributed by atoms with E-state index in [1.54, 1.807) is 0 Å². The van der Waals surface area contributed by atoms with E-state index in [9.17, 15) is 9.59 Å². The van der Waals surface area contributed by atoms with Gasteiger partial charge in [-0.05, 0) is 102 Å². The van der Waals surface area contributed by atoms with Gasteiger partial charge in [-0.3, -0.25) is 14.5 Å². The van der Waals surface area contributed by atoms with Gasteiger partial charge in [0.05, 0.1) is 5.41 Å². The fourth-order valence-electron chi connectivity index (χ4n) is 7.42. The number of nitrogens with zero attached hydrogens (tertiary/aromatic N) is 4. The molecule has 2 aromatic rings. The molecule has 6 nitrogen and oxygen atoms in total. The highest BCUT2D eigenvalue weighted by Crippen LogP contribution is 2.44. The van der Waals surface area contributed by atoms with Crippen molar-refractivity contribution in [3.63, 3.8) is 0 Å². The molecule has 38 heavy (non-hydrogen) atoms. The molecule has 0 radical (unpaired) electrons. The van der Waals surface area contributed by atoms with E-state index in [0.29, 0.717) is 25.2 Å². The Morgan fingerprint density at radius 2 is 1.63 bits per heavy atom. The minimum Gasteiger partial charge on any atom is -0.370 e. The van der Waals surface area contributed by atoms with E-state index in [-0.39, 0.29) is 17.2 Å². The Morgan fingerprint density at radius 1 is 0.895 bits per heavy atom. The number of amides is 2. The summed E-state index contributed by atoms with van der Waals surface area (Å²) in [6.07, 6.45) is 6.28. The standard InChI is InChI=1S/C32H42N4O2/c1-23-6-8-26(9-7-23)30(37)33-18-13-32(14-19-33)15-20-36(31(32)38)29-11-10-27(21-24(29)2)34-17-12-28(22-34)35-16-4-5-25(35)3/h6-11,21,25,28H,4-5,12-20,22H2,1-3H3. The lowest BCUT2D eigenvalue weighted by Crippen LogP contribution is -2.46.